The van der Waals surface area contributed by atoms with E-state index < -0.39 is 11.5 Å². The Kier molecular flexibility index (Phi) is 4.22. The number of methoxy groups -OCH3 is 1. The molecule has 0 radical (unpaired) electrons. The minimum Gasteiger partial charge on any atom is -0.465 e. The van der Waals surface area contributed by atoms with Gasteiger partial charge in [0.25, 0.3) is 5.56 Å². The molecule has 0 saturated heterocycles. The fourth-order valence-electron chi connectivity index (χ4n) is 2.08. The first-order valence-corrected chi connectivity index (χ1v) is 7.91. The first-order valence-electron chi connectivity index (χ1n) is 7.10. The van der Waals surface area contributed by atoms with Crippen molar-refractivity contribution in [3.8, 4) is 0 Å². The number of aryl methyl sites for hydroxylation is 2. The molecule has 122 valence electrons. The number of benzene rings is 1. The molecule has 0 spiro atoms. The molecule has 0 fully saturated rings. The zero-order chi connectivity index (χ0) is 17.3. The van der Waals surface area contributed by atoms with E-state index in [2.05, 4.69) is 20.1 Å². The number of hydrogen-bond donors (Lipinski definition) is 0. The average molecular weight is 342 g/mol. The number of fused-ring (bicyclic) bond motifs is 1. The van der Waals surface area contributed by atoms with Gasteiger partial charge in [-0.25, -0.2) is 4.79 Å². The molecule has 0 atom stereocenters. The number of carbonyl (C=O) groups is 1. The van der Waals surface area contributed by atoms with Crippen molar-refractivity contribution in [1.29, 1.82) is 0 Å². The van der Waals surface area contributed by atoms with Gasteiger partial charge >= 0.3 is 5.97 Å². The molecule has 0 aliphatic heterocycles. The highest BCUT2D eigenvalue weighted by Crippen LogP contribution is 2.30. The zero-order valence-electron chi connectivity index (χ0n) is 13.3. The average Bonchev–Trinajstić information content (AvgIpc) is 2.90. The molecule has 3 rings (SSSR count). The number of aromatic nitrogens is 2. The smallest absolute Gasteiger partial charge is 0.348 e. The number of ether oxygens (including phenoxy) is 1. The van der Waals surface area contributed by atoms with Crippen LogP contribution in [0.5, 0.6) is 0 Å². The van der Waals surface area contributed by atoms with Crippen molar-refractivity contribution in [2.75, 3.05) is 7.11 Å². The molecule has 0 N–H and O–H groups in total. The van der Waals surface area contributed by atoms with Crippen LogP contribution in [0.2, 0.25) is 0 Å². The highest BCUT2D eigenvalue weighted by Gasteiger charge is 2.16. The lowest BCUT2D eigenvalue weighted by Crippen LogP contribution is -2.14. The van der Waals surface area contributed by atoms with Gasteiger partial charge in [0.15, 0.2) is 4.83 Å². The predicted molar refractivity (Wildman–Crippen MR) is 90.8 cm³/mol. The maximum absolute atomic E-state index is 12.1. The lowest BCUT2D eigenvalue weighted by Gasteiger charge is -1.98. The molecule has 0 unspecified atom stereocenters. The van der Waals surface area contributed by atoms with Gasteiger partial charge in [-0.1, -0.05) is 17.7 Å². The quantitative estimate of drug-likeness (QED) is 0.538. The van der Waals surface area contributed by atoms with Crippen molar-refractivity contribution in [3.63, 3.8) is 0 Å². The second-order valence-electron chi connectivity index (χ2n) is 5.13. The van der Waals surface area contributed by atoms with E-state index in [-0.39, 0.29) is 4.88 Å². The minimum atomic E-state index is -0.570. The van der Waals surface area contributed by atoms with E-state index in [0.29, 0.717) is 21.9 Å². The molecule has 3 aromatic rings. The molecular weight excluding hydrogens is 328 g/mol. The van der Waals surface area contributed by atoms with Crippen LogP contribution in [0.3, 0.4) is 0 Å². The Hall–Kier alpha value is -2.87. The second-order valence-corrected chi connectivity index (χ2v) is 6.16. The maximum Gasteiger partial charge on any atom is 0.348 e. The lowest BCUT2D eigenvalue weighted by molar-refractivity contribution is 0.0606. The number of azo groups is 1. The first kappa shape index (κ1) is 16.0. The Bertz CT molecular complexity index is 1000. The fourth-order valence-corrected chi connectivity index (χ4v) is 3.12. The Balaban J connectivity index is 2.11. The molecule has 8 heteroatoms. The highest BCUT2D eigenvalue weighted by atomic mass is 32.1. The van der Waals surface area contributed by atoms with Gasteiger partial charge in [-0.2, -0.15) is 14.7 Å². The Morgan fingerprint density at radius 1 is 1.21 bits per heavy atom. The van der Waals surface area contributed by atoms with E-state index in [9.17, 15) is 9.59 Å². The van der Waals surface area contributed by atoms with Gasteiger partial charge in [-0.3, -0.25) is 4.79 Å². The Labute approximate surface area is 141 Å². The topological polar surface area (TPSA) is 85.4 Å². The van der Waals surface area contributed by atoms with Gasteiger partial charge in [0.2, 0.25) is 0 Å². The summed E-state index contributed by atoms with van der Waals surface area (Å²) in [6, 6.07) is 8.78. The summed E-state index contributed by atoms with van der Waals surface area (Å²) in [6.45, 7) is 3.72. The van der Waals surface area contributed by atoms with Crippen LogP contribution in [0.1, 0.15) is 20.9 Å². The molecule has 0 aliphatic rings. The van der Waals surface area contributed by atoms with Crippen LogP contribution in [0.15, 0.2) is 45.4 Å². The largest absolute Gasteiger partial charge is 0.465 e. The number of hydrogen-bond acceptors (Lipinski definition) is 7. The summed E-state index contributed by atoms with van der Waals surface area (Å²) in [5.74, 6) is -0.570. The molecular formula is C16H14N4O3S. The molecule has 24 heavy (non-hydrogen) atoms. The third-order valence-electron chi connectivity index (χ3n) is 3.34. The van der Waals surface area contributed by atoms with Gasteiger partial charge in [-0.15, -0.1) is 16.5 Å². The number of carbonyl (C=O) groups excluding carboxylic acids is 1. The van der Waals surface area contributed by atoms with Crippen LogP contribution in [0.25, 0.3) is 4.83 Å². The summed E-state index contributed by atoms with van der Waals surface area (Å²) in [7, 11) is 1.27. The van der Waals surface area contributed by atoms with Gasteiger partial charge in [-0.05, 0) is 26.0 Å². The van der Waals surface area contributed by atoms with Crippen molar-refractivity contribution in [2.45, 2.75) is 13.8 Å². The van der Waals surface area contributed by atoms with E-state index in [4.69, 9.17) is 0 Å². The van der Waals surface area contributed by atoms with E-state index >= 15 is 0 Å². The number of nitrogens with zero attached hydrogens (tertiary/aromatic N) is 4. The highest BCUT2D eigenvalue weighted by molar-refractivity contribution is 7.19. The first-order chi connectivity index (χ1) is 11.5. The number of esters is 1. The SMILES string of the molecule is COC(=O)c1cc(=O)n2nc(C)c(N=Nc3ccc(C)cc3)c2s1. The van der Waals surface area contributed by atoms with Crippen molar-refractivity contribution in [2.24, 2.45) is 10.2 Å². The molecule has 1 aromatic carbocycles. The van der Waals surface area contributed by atoms with Crippen LogP contribution in [0, 0.1) is 13.8 Å². The molecule has 0 amide bonds. The lowest BCUT2D eigenvalue weighted by atomic mass is 10.2. The molecule has 7 nitrogen and oxygen atoms in total. The van der Waals surface area contributed by atoms with E-state index in [1.165, 1.54) is 17.7 Å². The normalized spacial score (nSPS) is 11.3. The molecule has 0 aliphatic carbocycles. The van der Waals surface area contributed by atoms with Crippen LogP contribution in [0.4, 0.5) is 11.4 Å². The van der Waals surface area contributed by atoms with E-state index in [1.54, 1.807) is 6.92 Å². The Morgan fingerprint density at radius 3 is 2.58 bits per heavy atom. The van der Waals surface area contributed by atoms with Gasteiger partial charge < -0.3 is 4.74 Å². The van der Waals surface area contributed by atoms with Gasteiger partial charge in [0, 0.05) is 6.07 Å². The maximum atomic E-state index is 12.1. The van der Waals surface area contributed by atoms with Crippen molar-refractivity contribution >= 4 is 33.5 Å². The molecule has 0 bridgehead atoms. The van der Waals surface area contributed by atoms with Gasteiger partial charge in [0.05, 0.1) is 18.5 Å². The summed E-state index contributed by atoms with van der Waals surface area (Å²) >= 11 is 1.09. The summed E-state index contributed by atoms with van der Waals surface area (Å²) in [6.07, 6.45) is 0. The summed E-state index contributed by atoms with van der Waals surface area (Å²) in [5.41, 5.74) is 2.42. The van der Waals surface area contributed by atoms with Crippen molar-refractivity contribution in [1.82, 2.24) is 9.61 Å². The van der Waals surface area contributed by atoms with Gasteiger partial charge in [0.1, 0.15) is 10.6 Å². The van der Waals surface area contributed by atoms with Crippen LogP contribution >= 0.6 is 11.3 Å². The minimum absolute atomic E-state index is 0.196. The van der Waals surface area contributed by atoms with Crippen LogP contribution in [-0.4, -0.2) is 22.7 Å². The fraction of sp³-hybridized carbons (Fsp3) is 0.188. The molecule has 0 saturated carbocycles. The van der Waals surface area contributed by atoms with E-state index in [0.717, 1.165) is 16.9 Å². The monoisotopic (exact) mass is 342 g/mol. The summed E-state index contributed by atoms with van der Waals surface area (Å²) < 4.78 is 5.89. The third kappa shape index (κ3) is 2.95. The van der Waals surface area contributed by atoms with Crippen molar-refractivity contribution in [3.05, 3.63) is 56.8 Å². The van der Waals surface area contributed by atoms with Crippen LogP contribution in [-0.2, 0) is 4.74 Å². The Morgan fingerprint density at radius 2 is 1.92 bits per heavy atom. The van der Waals surface area contributed by atoms with Crippen molar-refractivity contribution < 1.29 is 9.53 Å². The molecule has 2 aromatic heterocycles. The summed E-state index contributed by atoms with van der Waals surface area (Å²) in [4.78, 5) is 24.5. The van der Waals surface area contributed by atoms with E-state index in [1.807, 2.05) is 31.2 Å². The van der Waals surface area contributed by atoms with Crippen LogP contribution < -0.4 is 5.56 Å². The summed E-state index contributed by atoms with van der Waals surface area (Å²) in [5, 5.41) is 12.6. The second kappa shape index (κ2) is 6.32. The number of rotatable bonds is 3. The standard InChI is InChI=1S/C16H14N4O3S/c1-9-4-6-11(7-5-9)17-18-14-10(2)19-20-13(21)8-12(16(22)23-3)24-15(14)20/h4-8H,1-3H3. The molecule has 2 heterocycles. The third-order valence-corrected chi connectivity index (χ3v) is 4.41. The zero-order valence-corrected chi connectivity index (χ0v) is 14.1. The predicted octanol–water partition coefficient (Wildman–Crippen LogP) is 3.57.